The molecule has 0 aliphatic rings. The molecular weight excluding hydrogens is 242 g/mol. The van der Waals surface area contributed by atoms with Crippen molar-refractivity contribution in [1.29, 1.82) is 0 Å². The Morgan fingerprint density at radius 1 is 1.26 bits per heavy atom. The monoisotopic (exact) mass is 263 g/mol. The fourth-order valence-corrected chi connectivity index (χ4v) is 1.82. The summed E-state index contributed by atoms with van der Waals surface area (Å²) >= 11 is 0. The fraction of sp³-hybridized carbons (Fsp3) is 0.467. The largest absolute Gasteiger partial charge is 0.453 e. The van der Waals surface area contributed by atoms with Gasteiger partial charge in [0.05, 0.1) is 13.2 Å². The third-order valence-electron chi connectivity index (χ3n) is 3.20. The highest BCUT2D eigenvalue weighted by molar-refractivity contribution is 5.89. The summed E-state index contributed by atoms with van der Waals surface area (Å²) in [6.45, 7) is 3.83. The van der Waals surface area contributed by atoms with Gasteiger partial charge in [-0.25, -0.2) is 4.79 Å². The number of hydrogen-bond donors (Lipinski definition) is 1. The molecule has 0 saturated carbocycles. The first-order chi connectivity index (χ1) is 9.08. The Bertz CT molecular complexity index is 417. The van der Waals surface area contributed by atoms with Crippen molar-refractivity contribution >= 4 is 11.9 Å². The molecule has 104 valence electrons. The Hall–Kier alpha value is -1.84. The third kappa shape index (κ3) is 4.73. The number of ether oxygens (including phenoxy) is 1. The molecule has 1 aromatic carbocycles. The molecule has 0 radical (unpaired) electrons. The second-order valence-electron chi connectivity index (χ2n) is 4.59. The summed E-state index contributed by atoms with van der Waals surface area (Å²) in [7, 11) is 1.29. The number of alkyl carbamates (subject to hydrolysis) is 1. The van der Waals surface area contributed by atoms with Gasteiger partial charge in [-0.1, -0.05) is 44.2 Å². The number of Topliss-reactive ketones (excluding diaryl/α,β-unsaturated/α-hetero) is 1. The Balaban J connectivity index is 2.80. The van der Waals surface area contributed by atoms with Crippen molar-refractivity contribution in [2.75, 3.05) is 7.11 Å². The zero-order valence-corrected chi connectivity index (χ0v) is 11.7. The smallest absolute Gasteiger partial charge is 0.407 e. The van der Waals surface area contributed by atoms with Crippen molar-refractivity contribution in [2.45, 2.75) is 32.7 Å². The third-order valence-corrected chi connectivity index (χ3v) is 3.20. The molecule has 0 fully saturated rings. The van der Waals surface area contributed by atoms with Crippen LogP contribution >= 0.6 is 0 Å². The van der Waals surface area contributed by atoms with Gasteiger partial charge in [0.2, 0.25) is 0 Å². The number of ketones is 1. The first kappa shape index (κ1) is 15.2. The van der Waals surface area contributed by atoms with Gasteiger partial charge in [-0.05, 0) is 18.4 Å². The fourth-order valence-electron chi connectivity index (χ4n) is 1.82. The van der Waals surface area contributed by atoms with Gasteiger partial charge in [0, 0.05) is 5.92 Å². The molecule has 0 spiro atoms. The van der Waals surface area contributed by atoms with E-state index in [-0.39, 0.29) is 11.7 Å². The predicted octanol–water partition coefficient (Wildman–Crippen LogP) is 2.57. The lowest BCUT2D eigenvalue weighted by Gasteiger charge is -2.20. The highest BCUT2D eigenvalue weighted by Gasteiger charge is 2.25. The molecule has 4 heteroatoms. The normalized spacial score (nSPS) is 13.4. The van der Waals surface area contributed by atoms with Crippen LogP contribution in [0.2, 0.25) is 0 Å². The van der Waals surface area contributed by atoms with Crippen LogP contribution in [0.25, 0.3) is 0 Å². The molecular formula is C15H21NO3. The van der Waals surface area contributed by atoms with E-state index in [1.54, 1.807) is 0 Å². The minimum absolute atomic E-state index is 0.0387. The van der Waals surface area contributed by atoms with Crippen LogP contribution < -0.4 is 5.32 Å². The number of amides is 1. The minimum atomic E-state index is -0.572. The van der Waals surface area contributed by atoms with Crippen LogP contribution in [0.1, 0.15) is 25.8 Å². The van der Waals surface area contributed by atoms with E-state index in [9.17, 15) is 9.59 Å². The molecule has 1 amide bonds. The molecule has 1 rings (SSSR count). The van der Waals surface area contributed by atoms with Crippen LogP contribution in [0.15, 0.2) is 30.3 Å². The van der Waals surface area contributed by atoms with Crippen LogP contribution in [0.5, 0.6) is 0 Å². The maximum atomic E-state index is 12.3. The summed E-state index contributed by atoms with van der Waals surface area (Å²) in [5.74, 6) is -0.0392. The maximum Gasteiger partial charge on any atom is 0.407 e. The van der Waals surface area contributed by atoms with E-state index < -0.39 is 12.1 Å². The van der Waals surface area contributed by atoms with Crippen molar-refractivity contribution in [2.24, 2.45) is 5.92 Å². The molecule has 2 atom stereocenters. The Morgan fingerprint density at radius 3 is 2.42 bits per heavy atom. The number of methoxy groups -OCH3 is 1. The molecule has 0 heterocycles. The lowest BCUT2D eigenvalue weighted by molar-refractivity contribution is -0.124. The Labute approximate surface area is 114 Å². The SMILES string of the molecule is CCC(C)C(=O)[C@@H](Cc1ccccc1)NC(=O)OC. The average Bonchev–Trinajstić information content (AvgIpc) is 2.45. The molecule has 0 aliphatic carbocycles. The number of hydrogen-bond acceptors (Lipinski definition) is 3. The van der Waals surface area contributed by atoms with Crippen LogP contribution in [0.4, 0.5) is 4.79 Å². The van der Waals surface area contributed by atoms with Gasteiger partial charge in [-0.2, -0.15) is 0 Å². The molecule has 1 N–H and O–H groups in total. The lowest BCUT2D eigenvalue weighted by Crippen LogP contribution is -2.44. The van der Waals surface area contributed by atoms with E-state index in [1.807, 2.05) is 44.2 Å². The van der Waals surface area contributed by atoms with Gasteiger partial charge in [0.1, 0.15) is 0 Å². The molecule has 0 saturated heterocycles. The summed E-state index contributed by atoms with van der Waals surface area (Å²) in [5, 5.41) is 2.62. The van der Waals surface area contributed by atoms with Gasteiger partial charge in [-0.3, -0.25) is 4.79 Å². The van der Waals surface area contributed by atoms with E-state index in [0.717, 1.165) is 12.0 Å². The number of carbonyl (C=O) groups is 2. The second-order valence-corrected chi connectivity index (χ2v) is 4.59. The second kappa shape index (κ2) is 7.56. The summed E-state index contributed by atoms with van der Waals surface area (Å²) in [6, 6.07) is 9.09. The van der Waals surface area contributed by atoms with Gasteiger partial charge in [-0.15, -0.1) is 0 Å². The Morgan fingerprint density at radius 2 is 1.89 bits per heavy atom. The standard InChI is InChI=1S/C15H21NO3/c1-4-11(2)14(17)13(16-15(18)19-3)10-12-8-6-5-7-9-12/h5-9,11,13H,4,10H2,1-3H3,(H,16,18)/t11?,13-/m1/s1. The van der Waals surface area contributed by atoms with Crippen molar-refractivity contribution in [3.63, 3.8) is 0 Å². The average molecular weight is 263 g/mol. The summed E-state index contributed by atoms with van der Waals surface area (Å²) in [6.07, 6.45) is 0.670. The van der Waals surface area contributed by atoms with E-state index in [0.29, 0.717) is 6.42 Å². The van der Waals surface area contributed by atoms with E-state index in [4.69, 9.17) is 0 Å². The highest BCUT2D eigenvalue weighted by Crippen LogP contribution is 2.11. The molecule has 1 aromatic rings. The van der Waals surface area contributed by atoms with Crippen LogP contribution in [-0.2, 0) is 16.0 Å². The molecule has 0 aliphatic heterocycles. The lowest BCUT2D eigenvalue weighted by atomic mass is 9.93. The molecule has 1 unspecified atom stereocenters. The summed E-state index contributed by atoms with van der Waals surface area (Å²) in [4.78, 5) is 23.6. The number of nitrogens with one attached hydrogen (secondary N) is 1. The zero-order valence-electron chi connectivity index (χ0n) is 11.7. The van der Waals surface area contributed by atoms with Crippen molar-refractivity contribution in [3.05, 3.63) is 35.9 Å². The quantitative estimate of drug-likeness (QED) is 0.858. The van der Waals surface area contributed by atoms with Crippen LogP contribution in [0, 0.1) is 5.92 Å². The van der Waals surface area contributed by atoms with Gasteiger partial charge in [0.15, 0.2) is 5.78 Å². The molecule has 0 bridgehead atoms. The Kier molecular flexibility index (Phi) is 6.06. The topological polar surface area (TPSA) is 55.4 Å². The first-order valence-electron chi connectivity index (χ1n) is 6.50. The highest BCUT2D eigenvalue weighted by atomic mass is 16.5. The van der Waals surface area contributed by atoms with E-state index in [2.05, 4.69) is 10.1 Å². The summed E-state index contributed by atoms with van der Waals surface area (Å²) in [5.41, 5.74) is 1.01. The summed E-state index contributed by atoms with van der Waals surface area (Å²) < 4.78 is 4.58. The number of carbonyl (C=O) groups excluding carboxylic acids is 2. The van der Waals surface area contributed by atoms with E-state index in [1.165, 1.54) is 7.11 Å². The maximum absolute atomic E-state index is 12.3. The predicted molar refractivity (Wildman–Crippen MR) is 73.9 cm³/mol. The van der Waals surface area contributed by atoms with Gasteiger partial charge < -0.3 is 10.1 Å². The van der Waals surface area contributed by atoms with Crippen LogP contribution in [0.3, 0.4) is 0 Å². The van der Waals surface area contributed by atoms with Crippen LogP contribution in [-0.4, -0.2) is 25.0 Å². The number of rotatable bonds is 6. The number of benzene rings is 1. The van der Waals surface area contributed by atoms with Crippen molar-refractivity contribution < 1.29 is 14.3 Å². The first-order valence-corrected chi connectivity index (χ1v) is 6.50. The van der Waals surface area contributed by atoms with Crippen molar-refractivity contribution in [1.82, 2.24) is 5.32 Å². The minimum Gasteiger partial charge on any atom is -0.453 e. The van der Waals surface area contributed by atoms with E-state index >= 15 is 0 Å². The molecule has 4 nitrogen and oxygen atoms in total. The molecule has 19 heavy (non-hydrogen) atoms. The van der Waals surface area contributed by atoms with Crippen molar-refractivity contribution in [3.8, 4) is 0 Å². The zero-order chi connectivity index (χ0) is 14.3. The van der Waals surface area contributed by atoms with Gasteiger partial charge >= 0.3 is 6.09 Å². The van der Waals surface area contributed by atoms with Gasteiger partial charge in [0.25, 0.3) is 0 Å². The molecule has 0 aromatic heterocycles.